The molecule has 0 bridgehead atoms. The largest absolute Gasteiger partial charge is 0.261 e. The second-order valence-corrected chi connectivity index (χ2v) is 3.22. The van der Waals surface area contributed by atoms with Crippen molar-refractivity contribution in [1.82, 2.24) is 4.98 Å². The third-order valence-electron chi connectivity index (χ3n) is 2.25. The fourth-order valence-electron chi connectivity index (χ4n) is 1.27. The quantitative estimate of drug-likeness (QED) is 0.673. The summed E-state index contributed by atoms with van der Waals surface area (Å²) >= 11 is 0. The Morgan fingerprint density at radius 1 is 1.31 bits per heavy atom. The normalized spacial score (nSPS) is 14.7. The summed E-state index contributed by atoms with van der Waals surface area (Å²) in [6, 6.07) is 4.37. The van der Waals surface area contributed by atoms with E-state index in [0.29, 0.717) is 0 Å². The number of rotatable bonds is 2. The Morgan fingerprint density at radius 2 is 2.00 bits per heavy atom. The Kier molecular flexibility index (Phi) is 3.94. The molecule has 1 aliphatic rings. The highest BCUT2D eigenvalue weighted by molar-refractivity contribution is 5.19. The summed E-state index contributed by atoms with van der Waals surface area (Å²) in [7, 11) is 0. The average molecular weight is 177 g/mol. The molecule has 0 aromatic carbocycles. The van der Waals surface area contributed by atoms with Crippen LogP contribution in [0.15, 0.2) is 18.3 Å². The van der Waals surface area contributed by atoms with Crippen LogP contribution in [-0.4, -0.2) is 4.98 Å². The summed E-state index contributed by atoms with van der Waals surface area (Å²) < 4.78 is 0. The molecular formula is C12H19N. The van der Waals surface area contributed by atoms with Crippen molar-refractivity contribution in [2.75, 3.05) is 0 Å². The van der Waals surface area contributed by atoms with E-state index < -0.39 is 0 Å². The first-order valence-corrected chi connectivity index (χ1v) is 5.35. The summed E-state index contributed by atoms with van der Waals surface area (Å²) in [5.74, 6) is 0.793. The lowest BCUT2D eigenvalue weighted by Crippen LogP contribution is -1.87. The Morgan fingerprint density at radius 3 is 2.38 bits per heavy atom. The molecule has 1 saturated carbocycles. The van der Waals surface area contributed by atoms with Gasteiger partial charge in [-0.25, -0.2) is 0 Å². The molecule has 1 nitrogen and oxygen atoms in total. The Balaban J connectivity index is 0.000000396. The molecule has 0 radical (unpaired) electrons. The van der Waals surface area contributed by atoms with Crippen LogP contribution in [-0.2, 0) is 6.42 Å². The molecule has 1 aromatic heterocycles. The van der Waals surface area contributed by atoms with Crippen LogP contribution >= 0.6 is 0 Å². The van der Waals surface area contributed by atoms with Crippen LogP contribution in [0.3, 0.4) is 0 Å². The molecule has 2 rings (SSSR count). The third kappa shape index (κ3) is 2.83. The fraction of sp³-hybridized carbons (Fsp3) is 0.583. The predicted molar refractivity (Wildman–Crippen MR) is 56.9 cm³/mol. The summed E-state index contributed by atoms with van der Waals surface area (Å²) in [6.45, 7) is 6.16. The van der Waals surface area contributed by atoms with Gasteiger partial charge in [-0.3, -0.25) is 4.98 Å². The molecular weight excluding hydrogens is 158 g/mol. The van der Waals surface area contributed by atoms with Gasteiger partial charge in [-0.2, -0.15) is 0 Å². The lowest BCUT2D eigenvalue weighted by molar-refractivity contribution is 0.995. The molecule has 0 unspecified atom stereocenters. The van der Waals surface area contributed by atoms with Crippen LogP contribution in [0.1, 0.15) is 50.8 Å². The highest BCUT2D eigenvalue weighted by atomic mass is 14.7. The number of hydrogen-bond donors (Lipinski definition) is 0. The molecule has 0 spiro atoms. The van der Waals surface area contributed by atoms with Crippen molar-refractivity contribution in [3.63, 3.8) is 0 Å². The third-order valence-corrected chi connectivity index (χ3v) is 2.25. The molecule has 0 N–H and O–H groups in total. The van der Waals surface area contributed by atoms with Gasteiger partial charge in [0.15, 0.2) is 0 Å². The van der Waals surface area contributed by atoms with Gasteiger partial charge >= 0.3 is 0 Å². The molecule has 1 aliphatic carbocycles. The van der Waals surface area contributed by atoms with Crippen LogP contribution in [0.5, 0.6) is 0 Å². The molecule has 72 valence electrons. The second-order valence-electron chi connectivity index (χ2n) is 3.22. The topological polar surface area (TPSA) is 12.9 Å². The second kappa shape index (κ2) is 5.00. The zero-order valence-electron chi connectivity index (χ0n) is 8.88. The minimum absolute atomic E-state index is 0.793. The van der Waals surface area contributed by atoms with Crippen molar-refractivity contribution < 1.29 is 0 Å². The highest BCUT2D eigenvalue weighted by Gasteiger charge is 2.24. The molecule has 1 heteroatoms. The number of nitrogens with zero attached hydrogens (tertiary/aromatic N) is 1. The maximum atomic E-state index is 4.41. The number of aromatic nitrogens is 1. The smallest absolute Gasteiger partial charge is 0.0434 e. The fourth-order valence-corrected chi connectivity index (χ4v) is 1.27. The zero-order valence-corrected chi connectivity index (χ0v) is 8.88. The van der Waals surface area contributed by atoms with E-state index in [4.69, 9.17) is 0 Å². The highest BCUT2D eigenvalue weighted by Crippen LogP contribution is 2.38. The van der Waals surface area contributed by atoms with E-state index >= 15 is 0 Å². The summed E-state index contributed by atoms with van der Waals surface area (Å²) in [6.07, 6.45) is 5.79. The first kappa shape index (κ1) is 10.2. The van der Waals surface area contributed by atoms with Gasteiger partial charge in [0.05, 0.1) is 0 Å². The van der Waals surface area contributed by atoms with E-state index in [1.165, 1.54) is 24.1 Å². The first-order valence-electron chi connectivity index (χ1n) is 5.35. The minimum atomic E-state index is 0.793. The number of hydrogen-bond acceptors (Lipinski definition) is 1. The van der Waals surface area contributed by atoms with Gasteiger partial charge in [0.25, 0.3) is 0 Å². The van der Waals surface area contributed by atoms with E-state index in [1.54, 1.807) is 0 Å². The van der Waals surface area contributed by atoms with E-state index in [2.05, 4.69) is 24.0 Å². The van der Waals surface area contributed by atoms with Crippen LogP contribution in [0.4, 0.5) is 0 Å². The lowest BCUT2D eigenvalue weighted by atomic mass is 10.2. The number of aryl methyl sites for hydroxylation is 1. The molecule has 0 saturated heterocycles. The van der Waals surface area contributed by atoms with Gasteiger partial charge in [-0.05, 0) is 30.9 Å². The van der Waals surface area contributed by atoms with Crippen LogP contribution in [0.25, 0.3) is 0 Å². The first-order chi connectivity index (χ1) is 6.40. The van der Waals surface area contributed by atoms with Gasteiger partial charge < -0.3 is 0 Å². The van der Waals surface area contributed by atoms with E-state index in [0.717, 1.165) is 12.3 Å². The maximum Gasteiger partial charge on any atom is 0.0434 e. The maximum absolute atomic E-state index is 4.41. The molecule has 0 amide bonds. The summed E-state index contributed by atoms with van der Waals surface area (Å²) in [5.41, 5.74) is 2.64. The van der Waals surface area contributed by atoms with E-state index in [-0.39, 0.29) is 0 Å². The predicted octanol–water partition coefficient (Wildman–Crippen LogP) is 3.55. The van der Waals surface area contributed by atoms with Crippen molar-refractivity contribution in [2.24, 2.45) is 0 Å². The van der Waals surface area contributed by atoms with Gasteiger partial charge in [0, 0.05) is 17.8 Å². The van der Waals surface area contributed by atoms with Gasteiger partial charge in [-0.1, -0.05) is 26.8 Å². The summed E-state index contributed by atoms with van der Waals surface area (Å²) in [4.78, 5) is 4.41. The Labute approximate surface area is 81.2 Å². The monoisotopic (exact) mass is 177 g/mol. The molecule has 0 atom stereocenters. The average Bonchev–Trinajstić information content (AvgIpc) is 3.05. The van der Waals surface area contributed by atoms with Crippen molar-refractivity contribution >= 4 is 0 Å². The van der Waals surface area contributed by atoms with Crippen LogP contribution in [0, 0.1) is 0 Å². The zero-order chi connectivity index (χ0) is 9.68. The SMILES string of the molecule is CC.CCc1ccc(C2CC2)nc1. The van der Waals surface area contributed by atoms with E-state index in [9.17, 15) is 0 Å². The van der Waals surface area contributed by atoms with Gasteiger partial charge in [0.2, 0.25) is 0 Å². The molecule has 1 aromatic rings. The van der Waals surface area contributed by atoms with E-state index in [1.807, 2.05) is 20.0 Å². The molecule has 0 aliphatic heterocycles. The summed E-state index contributed by atoms with van der Waals surface area (Å²) in [5, 5.41) is 0. The van der Waals surface area contributed by atoms with Crippen molar-refractivity contribution in [3.8, 4) is 0 Å². The van der Waals surface area contributed by atoms with Gasteiger partial charge in [-0.15, -0.1) is 0 Å². The van der Waals surface area contributed by atoms with Crippen LogP contribution in [0.2, 0.25) is 0 Å². The Hall–Kier alpha value is -0.850. The van der Waals surface area contributed by atoms with Gasteiger partial charge in [0.1, 0.15) is 0 Å². The standard InChI is InChI=1S/C10H13N.C2H6/c1-2-8-3-6-10(11-7-8)9-4-5-9;1-2/h3,6-7,9H,2,4-5H2,1H3;1-2H3. The van der Waals surface area contributed by atoms with Crippen molar-refractivity contribution in [3.05, 3.63) is 29.6 Å². The number of pyridine rings is 1. The lowest BCUT2D eigenvalue weighted by Gasteiger charge is -1.97. The Bertz CT molecular complexity index is 234. The minimum Gasteiger partial charge on any atom is -0.261 e. The van der Waals surface area contributed by atoms with Crippen molar-refractivity contribution in [2.45, 2.75) is 46.0 Å². The molecule has 1 fully saturated rings. The molecule has 1 heterocycles. The van der Waals surface area contributed by atoms with Crippen LogP contribution < -0.4 is 0 Å². The molecule has 13 heavy (non-hydrogen) atoms. The van der Waals surface area contributed by atoms with Crippen molar-refractivity contribution in [1.29, 1.82) is 0 Å².